The number of aliphatic carboxylic acids is 1. The molecule has 0 radical (unpaired) electrons. The van der Waals surface area contributed by atoms with Crippen molar-refractivity contribution < 1.29 is 14.6 Å². The maximum absolute atomic E-state index is 11.8. The van der Waals surface area contributed by atoms with Crippen LogP contribution in [0.25, 0.3) is 0 Å². The number of ether oxygens (including phenoxy) is 1. The average molecular weight is 268 g/mol. The van der Waals surface area contributed by atoms with Crippen LogP contribution in [0.4, 0.5) is 0 Å². The first kappa shape index (κ1) is 14.8. The fourth-order valence-electron chi connectivity index (χ4n) is 3.80. The highest BCUT2D eigenvalue weighted by molar-refractivity contribution is 5.74. The van der Waals surface area contributed by atoms with Crippen molar-refractivity contribution in [1.82, 2.24) is 0 Å². The third kappa shape index (κ3) is 3.31. The molecule has 0 aromatic carbocycles. The Morgan fingerprint density at radius 3 is 2.26 bits per heavy atom. The molecule has 110 valence electrons. The van der Waals surface area contributed by atoms with Gasteiger partial charge in [-0.25, -0.2) is 0 Å². The van der Waals surface area contributed by atoms with Crippen LogP contribution < -0.4 is 0 Å². The molecule has 1 N–H and O–H groups in total. The minimum Gasteiger partial charge on any atom is -0.481 e. The molecule has 0 aromatic heterocycles. The minimum absolute atomic E-state index is 0.0645. The lowest BCUT2D eigenvalue weighted by Crippen LogP contribution is -2.39. The molecule has 0 aromatic rings. The van der Waals surface area contributed by atoms with Gasteiger partial charge in [-0.3, -0.25) is 4.79 Å². The topological polar surface area (TPSA) is 46.5 Å². The number of carbonyl (C=O) groups is 1. The first-order chi connectivity index (χ1) is 8.87. The first-order valence-corrected chi connectivity index (χ1v) is 7.78. The van der Waals surface area contributed by atoms with Gasteiger partial charge < -0.3 is 9.84 Å². The van der Waals surface area contributed by atoms with E-state index in [2.05, 4.69) is 20.8 Å². The van der Waals surface area contributed by atoms with Crippen LogP contribution in [0.1, 0.15) is 72.1 Å². The van der Waals surface area contributed by atoms with E-state index >= 15 is 0 Å². The lowest BCUT2D eigenvalue weighted by molar-refractivity contribution is -0.155. The van der Waals surface area contributed by atoms with E-state index < -0.39 is 11.4 Å². The van der Waals surface area contributed by atoms with Gasteiger partial charge in [0.05, 0.1) is 17.1 Å². The fourth-order valence-corrected chi connectivity index (χ4v) is 3.80. The highest BCUT2D eigenvalue weighted by Gasteiger charge is 2.45. The molecule has 3 nitrogen and oxygen atoms in total. The highest BCUT2D eigenvalue weighted by Crippen LogP contribution is 2.46. The third-order valence-electron chi connectivity index (χ3n) is 5.27. The number of hydrogen-bond donors (Lipinski definition) is 1. The summed E-state index contributed by atoms with van der Waals surface area (Å²) >= 11 is 0. The van der Waals surface area contributed by atoms with Crippen molar-refractivity contribution in [2.75, 3.05) is 0 Å². The minimum atomic E-state index is -0.602. The van der Waals surface area contributed by atoms with E-state index in [1.165, 1.54) is 6.42 Å². The summed E-state index contributed by atoms with van der Waals surface area (Å²) in [5, 5.41) is 9.68. The second-order valence-corrected chi connectivity index (χ2v) is 7.18. The molecule has 1 aliphatic carbocycles. The summed E-state index contributed by atoms with van der Waals surface area (Å²) < 4.78 is 6.02. The molecule has 3 heteroatoms. The third-order valence-corrected chi connectivity index (χ3v) is 5.27. The van der Waals surface area contributed by atoms with Gasteiger partial charge in [-0.05, 0) is 64.7 Å². The molecule has 1 aliphatic heterocycles. The van der Waals surface area contributed by atoms with E-state index in [4.69, 9.17) is 4.74 Å². The van der Waals surface area contributed by atoms with Crippen molar-refractivity contribution in [3.8, 4) is 0 Å². The van der Waals surface area contributed by atoms with Crippen LogP contribution in [0, 0.1) is 11.3 Å². The van der Waals surface area contributed by atoms with Crippen LogP contribution in [0.3, 0.4) is 0 Å². The molecule has 0 spiro atoms. The van der Waals surface area contributed by atoms with Gasteiger partial charge in [-0.2, -0.15) is 0 Å². The second-order valence-electron chi connectivity index (χ2n) is 7.18. The summed E-state index contributed by atoms with van der Waals surface area (Å²) in [6.07, 6.45) is 7.90. The fraction of sp³-hybridized carbons (Fsp3) is 0.938. The zero-order valence-electron chi connectivity index (χ0n) is 12.6. The molecular weight excluding hydrogens is 240 g/mol. The summed E-state index contributed by atoms with van der Waals surface area (Å²) in [4.78, 5) is 11.8. The van der Waals surface area contributed by atoms with Crippen molar-refractivity contribution in [3.63, 3.8) is 0 Å². The van der Waals surface area contributed by atoms with Gasteiger partial charge in [-0.1, -0.05) is 13.3 Å². The van der Waals surface area contributed by atoms with Crippen molar-refractivity contribution in [3.05, 3.63) is 0 Å². The van der Waals surface area contributed by atoms with Crippen LogP contribution >= 0.6 is 0 Å². The van der Waals surface area contributed by atoms with Crippen LogP contribution in [0.5, 0.6) is 0 Å². The number of rotatable bonds is 4. The van der Waals surface area contributed by atoms with E-state index in [9.17, 15) is 9.90 Å². The molecule has 1 atom stereocenters. The molecule has 19 heavy (non-hydrogen) atoms. The predicted octanol–water partition coefficient (Wildman–Crippen LogP) is 4.01. The lowest BCUT2D eigenvalue weighted by atomic mass is 9.67. The first-order valence-electron chi connectivity index (χ1n) is 7.78. The number of carboxylic acid groups (broad SMARTS) is 1. The normalized spacial score (nSPS) is 38.3. The van der Waals surface area contributed by atoms with Crippen LogP contribution in [-0.2, 0) is 9.53 Å². The largest absolute Gasteiger partial charge is 0.481 e. The number of hydrogen-bond acceptors (Lipinski definition) is 2. The van der Waals surface area contributed by atoms with Gasteiger partial charge in [-0.15, -0.1) is 0 Å². The van der Waals surface area contributed by atoms with Crippen molar-refractivity contribution in [2.45, 2.75) is 83.8 Å². The Kier molecular flexibility index (Phi) is 4.24. The van der Waals surface area contributed by atoms with Gasteiger partial charge >= 0.3 is 5.97 Å². The van der Waals surface area contributed by atoms with E-state index in [-0.39, 0.29) is 11.7 Å². The van der Waals surface area contributed by atoms with E-state index in [0.717, 1.165) is 44.4 Å². The van der Waals surface area contributed by atoms with Gasteiger partial charge in [0.2, 0.25) is 0 Å². The maximum atomic E-state index is 11.8. The molecule has 1 saturated heterocycles. The summed E-state index contributed by atoms with van der Waals surface area (Å²) in [5.41, 5.74) is -0.582. The molecule has 0 bridgehead atoms. The Balaban J connectivity index is 1.99. The predicted molar refractivity (Wildman–Crippen MR) is 75.1 cm³/mol. The molecule has 1 heterocycles. The monoisotopic (exact) mass is 268 g/mol. The summed E-state index contributed by atoms with van der Waals surface area (Å²) in [5.74, 6) is 0.128. The second kappa shape index (κ2) is 5.43. The molecule has 2 fully saturated rings. The van der Waals surface area contributed by atoms with Crippen molar-refractivity contribution in [2.24, 2.45) is 11.3 Å². The zero-order valence-corrected chi connectivity index (χ0v) is 12.6. The maximum Gasteiger partial charge on any atom is 0.309 e. The van der Waals surface area contributed by atoms with E-state index in [1.807, 2.05) is 0 Å². The average Bonchev–Trinajstić information content (AvgIpc) is 2.69. The van der Waals surface area contributed by atoms with Crippen LogP contribution in [0.2, 0.25) is 0 Å². The zero-order chi connectivity index (χ0) is 14.1. The molecular formula is C16H28O3. The quantitative estimate of drug-likeness (QED) is 0.838. The Bertz CT molecular complexity index is 327. The highest BCUT2D eigenvalue weighted by atomic mass is 16.5. The molecule has 2 aliphatic rings. The van der Waals surface area contributed by atoms with Crippen LogP contribution in [0.15, 0.2) is 0 Å². The van der Waals surface area contributed by atoms with Gasteiger partial charge in [0.1, 0.15) is 0 Å². The van der Waals surface area contributed by atoms with E-state index in [1.54, 1.807) is 0 Å². The van der Waals surface area contributed by atoms with Crippen molar-refractivity contribution >= 4 is 5.97 Å². The standard InChI is InChI=1S/C16H28O3/c1-4-12-5-9-16(10-6-12,14(17)18)11-13-7-8-15(2,3)19-13/h12-13H,4-11H2,1-3H3,(H,17,18). The molecule has 1 unspecified atom stereocenters. The summed E-state index contributed by atoms with van der Waals surface area (Å²) in [6, 6.07) is 0. The smallest absolute Gasteiger partial charge is 0.309 e. The van der Waals surface area contributed by atoms with Gasteiger partial charge in [0.25, 0.3) is 0 Å². The Morgan fingerprint density at radius 1 is 1.21 bits per heavy atom. The molecule has 1 saturated carbocycles. The summed E-state index contributed by atoms with van der Waals surface area (Å²) in [6.45, 7) is 6.42. The SMILES string of the molecule is CCC1CCC(CC2CCC(C)(C)O2)(C(=O)O)CC1. The Hall–Kier alpha value is -0.570. The molecule has 0 amide bonds. The van der Waals surface area contributed by atoms with Crippen molar-refractivity contribution in [1.29, 1.82) is 0 Å². The Morgan fingerprint density at radius 2 is 1.84 bits per heavy atom. The van der Waals surface area contributed by atoms with E-state index in [0.29, 0.717) is 6.42 Å². The molecule has 2 rings (SSSR count). The van der Waals surface area contributed by atoms with Crippen LogP contribution in [-0.4, -0.2) is 22.8 Å². The lowest BCUT2D eigenvalue weighted by Gasteiger charge is -2.38. The van der Waals surface area contributed by atoms with Gasteiger partial charge in [0.15, 0.2) is 0 Å². The van der Waals surface area contributed by atoms with Gasteiger partial charge in [0, 0.05) is 0 Å². The summed E-state index contributed by atoms with van der Waals surface area (Å²) in [7, 11) is 0. The number of carboxylic acids is 1. The Labute approximate surface area is 116 Å².